The van der Waals surface area contributed by atoms with Gasteiger partial charge in [-0.1, -0.05) is 11.6 Å². The highest BCUT2D eigenvalue weighted by Crippen LogP contribution is 2.48. The van der Waals surface area contributed by atoms with Crippen molar-refractivity contribution in [2.45, 2.75) is 19.3 Å². The number of pyridine rings is 1. The molecule has 15 heavy (non-hydrogen) atoms. The van der Waals surface area contributed by atoms with Crippen LogP contribution in [0.1, 0.15) is 19.3 Å². The Morgan fingerprint density at radius 3 is 2.80 bits per heavy atom. The number of halogens is 1. The van der Waals surface area contributed by atoms with Crippen molar-refractivity contribution >= 4 is 17.4 Å². The van der Waals surface area contributed by atoms with E-state index >= 15 is 0 Å². The lowest BCUT2D eigenvalue weighted by atomic mass is 10.0. The highest BCUT2D eigenvalue weighted by molar-refractivity contribution is 6.30. The van der Waals surface area contributed by atoms with Gasteiger partial charge in [-0.05, 0) is 36.8 Å². The quantitative estimate of drug-likeness (QED) is 0.810. The number of nitrogens with one attached hydrogen (secondary N) is 1. The van der Waals surface area contributed by atoms with Crippen LogP contribution in [0.3, 0.4) is 0 Å². The summed E-state index contributed by atoms with van der Waals surface area (Å²) in [7, 11) is 0. The standard InChI is InChI=1S/C11H15ClN2O/c12-9-1-2-10(13-7-9)14-8-11(3-4-11)5-6-15/h1-2,7,15H,3-6,8H2,(H,13,14). The maximum Gasteiger partial charge on any atom is 0.126 e. The summed E-state index contributed by atoms with van der Waals surface area (Å²) in [6, 6.07) is 3.69. The van der Waals surface area contributed by atoms with Gasteiger partial charge in [0.25, 0.3) is 0 Å². The van der Waals surface area contributed by atoms with Crippen molar-refractivity contribution in [2.75, 3.05) is 18.5 Å². The van der Waals surface area contributed by atoms with Crippen LogP contribution in [0, 0.1) is 5.41 Å². The van der Waals surface area contributed by atoms with Crippen molar-refractivity contribution < 1.29 is 5.11 Å². The summed E-state index contributed by atoms with van der Waals surface area (Å²) >= 11 is 5.74. The zero-order valence-electron chi connectivity index (χ0n) is 8.54. The summed E-state index contributed by atoms with van der Waals surface area (Å²) in [5.41, 5.74) is 0.316. The molecule has 0 radical (unpaired) electrons. The topological polar surface area (TPSA) is 45.1 Å². The van der Waals surface area contributed by atoms with Gasteiger partial charge in [0.15, 0.2) is 0 Å². The molecule has 0 unspecified atom stereocenters. The van der Waals surface area contributed by atoms with Crippen molar-refractivity contribution in [3.63, 3.8) is 0 Å². The van der Waals surface area contributed by atoms with E-state index in [-0.39, 0.29) is 6.61 Å². The van der Waals surface area contributed by atoms with Crippen molar-refractivity contribution in [2.24, 2.45) is 5.41 Å². The zero-order chi connectivity index (χ0) is 10.7. The molecule has 0 aliphatic heterocycles. The van der Waals surface area contributed by atoms with Crippen LogP contribution in [-0.4, -0.2) is 23.2 Å². The summed E-state index contributed by atoms with van der Waals surface area (Å²) in [5, 5.41) is 12.8. The van der Waals surface area contributed by atoms with Gasteiger partial charge in [-0.15, -0.1) is 0 Å². The van der Waals surface area contributed by atoms with Crippen LogP contribution in [0.15, 0.2) is 18.3 Å². The van der Waals surface area contributed by atoms with Gasteiger partial charge in [-0.2, -0.15) is 0 Å². The molecule has 1 fully saturated rings. The van der Waals surface area contributed by atoms with E-state index in [1.54, 1.807) is 6.20 Å². The number of nitrogens with zero attached hydrogens (tertiary/aromatic N) is 1. The SMILES string of the molecule is OCCC1(CNc2ccc(Cl)cn2)CC1. The van der Waals surface area contributed by atoms with Crippen LogP contribution in [0.4, 0.5) is 5.82 Å². The Balaban J connectivity index is 1.85. The van der Waals surface area contributed by atoms with Gasteiger partial charge in [0, 0.05) is 19.3 Å². The van der Waals surface area contributed by atoms with E-state index in [9.17, 15) is 0 Å². The molecule has 3 nitrogen and oxygen atoms in total. The van der Waals surface area contributed by atoms with Gasteiger partial charge in [-0.3, -0.25) is 0 Å². The Hall–Kier alpha value is -0.800. The van der Waals surface area contributed by atoms with Crippen LogP contribution in [-0.2, 0) is 0 Å². The fourth-order valence-electron chi connectivity index (χ4n) is 1.69. The molecule has 82 valence electrons. The summed E-state index contributed by atoms with van der Waals surface area (Å²) < 4.78 is 0. The second-order valence-electron chi connectivity index (χ2n) is 4.19. The molecule has 0 amide bonds. The Morgan fingerprint density at radius 1 is 1.47 bits per heavy atom. The Bertz CT molecular complexity index is 322. The normalized spacial score (nSPS) is 17.5. The van der Waals surface area contributed by atoms with E-state index < -0.39 is 0 Å². The smallest absolute Gasteiger partial charge is 0.126 e. The largest absolute Gasteiger partial charge is 0.396 e. The van der Waals surface area contributed by atoms with Crippen LogP contribution >= 0.6 is 11.6 Å². The van der Waals surface area contributed by atoms with Crippen molar-refractivity contribution in [1.82, 2.24) is 4.98 Å². The summed E-state index contributed by atoms with van der Waals surface area (Å²) in [6.07, 6.45) is 4.92. The lowest BCUT2D eigenvalue weighted by Gasteiger charge is -2.14. The zero-order valence-corrected chi connectivity index (χ0v) is 9.30. The van der Waals surface area contributed by atoms with E-state index in [0.717, 1.165) is 18.8 Å². The van der Waals surface area contributed by atoms with Crippen molar-refractivity contribution in [1.29, 1.82) is 0 Å². The fourth-order valence-corrected chi connectivity index (χ4v) is 1.80. The second kappa shape index (κ2) is 4.37. The molecule has 2 N–H and O–H groups in total. The number of hydrogen-bond donors (Lipinski definition) is 2. The van der Waals surface area contributed by atoms with Crippen LogP contribution in [0.25, 0.3) is 0 Å². The lowest BCUT2D eigenvalue weighted by molar-refractivity contribution is 0.253. The van der Waals surface area contributed by atoms with Crippen LogP contribution in [0.5, 0.6) is 0 Å². The van der Waals surface area contributed by atoms with E-state index in [0.29, 0.717) is 10.4 Å². The average molecular weight is 227 g/mol. The number of aromatic nitrogens is 1. The molecule has 2 rings (SSSR count). The maximum atomic E-state index is 8.91. The third-order valence-electron chi connectivity index (χ3n) is 2.97. The molecule has 1 aromatic rings. The van der Waals surface area contributed by atoms with Crippen molar-refractivity contribution in [3.05, 3.63) is 23.4 Å². The van der Waals surface area contributed by atoms with E-state index in [1.165, 1.54) is 12.8 Å². The minimum atomic E-state index is 0.274. The van der Waals surface area contributed by atoms with Gasteiger partial charge < -0.3 is 10.4 Å². The molecule has 4 heteroatoms. The molecule has 1 aromatic heterocycles. The third kappa shape index (κ3) is 2.83. The van der Waals surface area contributed by atoms with E-state index in [2.05, 4.69) is 10.3 Å². The molecule has 0 atom stereocenters. The fraction of sp³-hybridized carbons (Fsp3) is 0.545. The third-order valence-corrected chi connectivity index (χ3v) is 3.19. The lowest BCUT2D eigenvalue weighted by Crippen LogP contribution is -2.17. The van der Waals surface area contributed by atoms with Crippen LogP contribution in [0.2, 0.25) is 5.02 Å². The molecule has 1 aliphatic carbocycles. The number of aliphatic hydroxyl groups is 1. The first-order chi connectivity index (χ1) is 7.24. The highest BCUT2D eigenvalue weighted by atomic mass is 35.5. The first kappa shape index (κ1) is 10.7. The van der Waals surface area contributed by atoms with Gasteiger partial charge in [-0.25, -0.2) is 4.98 Å². The molecule has 0 aromatic carbocycles. The minimum absolute atomic E-state index is 0.274. The van der Waals surface area contributed by atoms with Crippen molar-refractivity contribution in [3.8, 4) is 0 Å². The molecule has 1 saturated carbocycles. The summed E-state index contributed by atoms with van der Waals surface area (Å²) in [6.45, 7) is 1.16. The Kier molecular flexibility index (Phi) is 3.12. The Morgan fingerprint density at radius 2 is 2.27 bits per heavy atom. The Labute approximate surface area is 94.5 Å². The molecule has 0 saturated heterocycles. The number of anilines is 1. The van der Waals surface area contributed by atoms with Crippen LogP contribution < -0.4 is 5.32 Å². The monoisotopic (exact) mass is 226 g/mol. The molecule has 0 spiro atoms. The first-order valence-electron chi connectivity index (χ1n) is 5.20. The average Bonchev–Trinajstić information content (AvgIpc) is 2.99. The van der Waals surface area contributed by atoms with E-state index in [4.69, 9.17) is 16.7 Å². The number of aliphatic hydroxyl groups excluding tert-OH is 1. The molecule has 1 aliphatic rings. The predicted octanol–water partition coefficient (Wildman–Crippen LogP) is 2.31. The van der Waals surface area contributed by atoms with Gasteiger partial charge in [0.05, 0.1) is 5.02 Å². The predicted molar refractivity (Wildman–Crippen MR) is 61.1 cm³/mol. The molecule has 0 bridgehead atoms. The number of hydrogen-bond acceptors (Lipinski definition) is 3. The molecular formula is C11H15ClN2O. The second-order valence-corrected chi connectivity index (χ2v) is 4.63. The molecule has 1 heterocycles. The minimum Gasteiger partial charge on any atom is -0.396 e. The van der Waals surface area contributed by atoms with Gasteiger partial charge in [0.2, 0.25) is 0 Å². The highest BCUT2D eigenvalue weighted by Gasteiger charge is 2.41. The molecular weight excluding hydrogens is 212 g/mol. The van der Waals surface area contributed by atoms with E-state index in [1.807, 2.05) is 12.1 Å². The summed E-state index contributed by atoms with van der Waals surface area (Å²) in [4.78, 5) is 4.16. The summed E-state index contributed by atoms with van der Waals surface area (Å²) in [5.74, 6) is 0.851. The van der Waals surface area contributed by atoms with Gasteiger partial charge in [0.1, 0.15) is 5.82 Å². The first-order valence-corrected chi connectivity index (χ1v) is 5.58. The number of rotatable bonds is 5. The maximum absolute atomic E-state index is 8.91. The van der Waals surface area contributed by atoms with Gasteiger partial charge >= 0.3 is 0 Å².